The molecular weight excluding hydrogens is 186 g/mol. The van der Waals surface area contributed by atoms with Crippen molar-refractivity contribution >= 4 is 11.0 Å². The minimum absolute atomic E-state index is 0.579. The van der Waals surface area contributed by atoms with Gasteiger partial charge in [-0.2, -0.15) is 0 Å². The number of fused-ring (bicyclic) bond motifs is 1. The Morgan fingerprint density at radius 3 is 2.73 bits per heavy atom. The number of para-hydroxylation sites is 2. The molecule has 2 aromatic rings. The molecule has 77 valence electrons. The zero-order chi connectivity index (χ0) is 10.1. The Bertz CT molecular complexity index is 422. The van der Waals surface area contributed by atoms with E-state index in [1.165, 1.54) is 0 Å². The fourth-order valence-electron chi connectivity index (χ4n) is 2.19. The summed E-state index contributed by atoms with van der Waals surface area (Å²) in [6.45, 7) is 1.98. The number of hydrogen-bond donors (Lipinski definition) is 1. The molecule has 0 aliphatic carbocycles. The number of rotatable bonds is 1. The van der Waals surface area contributed by atoms with Crippen LogP contribution in [-0.4, -0.2) is 23.1 Å². The average molecular weight is 200 g/mol. The smallest absolute Gasteiger partial charge is 0.110 e. The third kappa shape index (κ3) is 1.63. The third-order valence-electron chi connectivity index (χ3n) is 3.07. The summed E-state index contributed by atoms with van der Waals surface area (Å²) in [5.74, 6) is 1.72. The van der Waals surface area contributed by atoms with Crippen LogP contribution in [0.15, 0.2) is 24.3 Å². The standard InChI is InChI=1S/C12H14N3/c1-2-4-11-10(3-1)14-12(15-11)9-5-7-13-8-6-9/h1-4,9H,5-8H2,(H,14,15). The third-order valence-corrected chi connectivity index (χ3v) is 3.07. The molecule has 3 heteroatoms. The Kier molecular flexibility index (Phi) is 2.18. The Morgan fingerprint density at radius 2 is 1.93 bits per heavy atom. The molecule has 3 nitrogen and oxygen atoms in total. The number of nitrogens with one attached hydrogen (secondary N) is 1. The van der Waals surface area contributed by atoms with Gasteiger partial charge in [0.05, 0.1) is 11.0 Å². The van der Waals surface area contributed by atoms with Crippen molar-refractivity contribution in [1.29, 1.82) is 0 Å². The quantitative estimate of drug-likeness (QED) is 0.752. The average Bonchev–Trinajstić information content (AvgIpc) is 2.74. The normalized spacial score (nSPS) is 18.4. The lowest BCUT2D eigenvalue weighted by atomic mass is 9.98. The van der Waals surface area contributed by atoms with Crippen molar-refractivity contribution in [2.75, 3.05) is 13.1 Å². The molecule has 15 heavy (non-hydrogen) atoms. The molecule has 1 aromatic heterocycles. The van der Waals surface area contributed by atoms with Gasteiger partial charge in [0.2, 0.25) is 0 Å². The summed E-state index contributed by atoms with van der Waals surface area (Å²) < 4.78 is 0. The van der Waals surface area contributed by atoms with E-state index in [1.807, 2.05) is 12.1 Å². The molecule has 1 radical (unpaired) electrons. The maximum absolute atomic E-state index is 4.64. The van der Waals surface area contributed by atoms with Gasteiger partial charge in [0.1, 0.15) is 5.82 Å². The minimum atomic E-state index is 0.579. The van der Waals surface area contributed by atoms with Crippen LogP contribution >= 0.6 is 0 Å². The predicted molar refractivity (Wildman–Crippen MR) is 59.9 cm³/mol. The van der Waals surface area contributed by atoms with E-state index in [4.69, 9.17) is 0 Å². The molecule has 1 saturated heterocycles. The first-order chi connectivity index (χ1) is 7.43. The van der Waals surface area contributed by atoms with Crippen LogP contribution in [-0.2, 0) is 0 Å². The van der Waals surface area contributed by atoms with Gasteiger partial charge in [-0.3, -0.25) is 0 Å². The molecular formula is C12H14N3. The van der Waals surface area contributed by atoms with Crippen LogP contribution in [0.2, 0.25) is 0 Å². The van der Waals surface area contributed by atoms with Crippen molar-refractivity contribution in [3.63, 3.8) is 0 Å². The number of imidazole rings is 1. The second kappa shape index (κ2) is 3.66. The summed E-state index contributed by atoms with van der Waals surface area (Å²) in [6, 6.07) is 8.21. The second-order valence-electron chi connectivity index (χ2n) is 4.08. The number of benzene rings is 1. The number of aromatic nitrogens is 2. The van der Waals surface area contributed by atoms with Crippen LogP contribution in [0, 0.1) is 0 Å². The van der Waals surface area contributed by atoms with Gasteiger partial charge in [-0.05, 0) is 25.0 Å². The Balaban J connectivity index is 1.96. The van der Waals surface area contributed by atoms with E-state index in [9.17, 15) is 0 Å². The molecule has 3 rings (SSSR count). The van der Waals surface area contributed by atoms with E-state index in [0.717, 1.165) is 42.8 Å². The van der Waals surface area contributed by atoms with E-state index >= 15 is 0 Å². The lowest BCUT2D eigenvalue weighted by molar-refractivity contribution is 0.441. The van der Waals surface area contributed by atoms with Gasteiger partial charge in [0, 0.05) is 19.0 Å². The van der Waals surface area contributed by atoms with Gasteiger partial charge in [0.15, 0.2) is 0 Å². The topological polar surface area (TPSA) is 42.8 Å². The summed E-state index contributed by atoms with van der Waals surface area (Å²) in [6.07, 6.45) is 2.28. The highest BCUT2D eigenvalue weighted by Gasteiger charge is 2.18. The van der Waals surface area contributed by atoms with Crippen molar-refractivity contribution in [3.8, 4) is 0 Å². The Hall–Kier alpha value is -1.35. The minimum Gasteiger partial charge on any atom is -0.342 e. The molecule has 1 aliphatic heterocycles. The first-order valence-electron chi connectivity index (χ1n) is 5.51. The Morgan fingerprint density at radius 1 is 1.13 bits per heavy atom. The maximum atomic E-state index is 4.64. The molecule has 0 atom stereocenters. The molecule has 1 aliphatic rings. The predicted octanol–water partition coefficient (Wildman–Crippen LogP) is 2.04. The molecule has 1 N–H and O–H groups in total. The van der Waals surface area contributed by atoms with E-state index in [0.29, 0.717) is 5.92 Å². The highest BCUT2D eigenvalue weighted by Crippen LogP contribution is 2.25. The second-order valence-corrected chi connectivity index (χ2v) is 4.08. The zero-order valence-electron chi connectivity index (χ0n) is 8.61. The first kappa shape index (κ1) is 8.92. The fraction of sp³-hybridized carbons (Fsp3) is 0.417. The molecule has 2 heterocycles. The van der Waals surface area contributed by atoms with E-state index in [2.05, 4.69) is 27.4 Å². The first-order valence-corrected chi connectivity index (χ1v) is 5.51. The van der Waals surface area contributed by atoms with Gasteiger partial charge < -0.3 is 4.98 Å². The summed E-state index contributed by atoms with van der Waals surface area (Å²) in [5, 5.41) is 4.37. The van der Waals surface area contributed by atoms with E-state index in [1.54, 1.807) is 0 Å². The lowest BCUT2D eigenvalue weighted by Gasteiger charge is -2.18. The Labute approximate surface area is 88.9 Å². The van der Waals surface area contributed by atoms with Gasteiger partial charge in [-0.1, -0.05) is 12.1 Å². The highest BCUT2D eigenvalue weighted by atomic mass is 14.9. The van der Waals surface area contributed by atoms with Crippen LogP contribution in [0.4, 0.5) is 0 Å². The summed E-state index contributed by atoms with van der Waals surface area (Å²) in [7, 11) is 0. The molecule has 1 aromatic carbocycles. The van der Waals surface area contributed by atoms with Crippen LogP contribution in [0.25, 0.3) is 11.0 Å². The van der Waals surface area contributed by atoms with Gasteiger partial charge >= 0.3 is 0 Å². The van der Waals surface area contributed by atoms with E-state index < -0.39 is 0 Å². The summed E-state index contributed by atoms with van der Waals surface area (Å²) >= 11 is 0. The SMILES string of the molecule is c1ccc2[nH]c(C3CC[N]CC3)nc2c1. The highest BCUT2D eigenvalue weighted by molar-refractivity contribution is 5.74. The summed E-state index contributed by atoms with van der Waals surface area (Å²) in [5.41, 5.74) is 2.23. The maximum Gasteiger partial charge on any atom is 0.110 e. The number of hydrogen-bond acceptors (Lipinski definition) is 1. The molecule has 0 spiro atoms. The number of aromatic amines is 1. The van der Waals surface area contributed by atoms with Crippen LogP contribution in [0.5, 0.6) is 0 Å². The fourth-order valence-corrected chi connectivity index (χ4v) is 2.19. The van der Waals surface area contributed by atoms with Gasteiger partial charge in [0.25, 0.3) is 0 Å². The van der Waals surface area contributed by atoms with Gasteiger partial charge in [-0.15, -0.1) is 0 Å². The van der Waals surface area contributed by atoms with Crippen molar-refractivity contribution < 1.29 is 0 Å². The lowest BCUT2D eigenvalue weighted by Crippen LogP contribution is -2.21. The number of piperidine rings is 1. The van der Waals surface area contributed by atoms with Crippen molar-refractivity contribution in [2.45, 2.75) is 18.8 Å². The molecule has 0 bridgehead atoms. The van der Waals surface area contributed by atoms with Crippen LogP contribution < -0.4 is 5.32 Å². The van der Waals surface area contributed by atoms with E-state index in [-0.39, 0.29) is 0 Å². The van der Waals surface area contributed by atoms with Crippen molar-refractivity contribution in [3.05, 3.63) is 30.1 Å². The molecule has 0 amide bonds. The van der Waals surface area contributed by atoms with Crippen molar-refractivity contribution in [2.24, 2.45) is 0 Å². The van der Waals surface area contributed by atoms with Gasteiger partial charge in [-0.25, -0.2) is 10.3 Å². The van der Waals surface area contributed by atoms with Crippen molar-refractivity contribution in [1.82, 2.24) is 15.3 Å². The summed E-state index contributed by atoms with van der Waals surface area (Å²) in [4.78, 5) is 8.05. The molecule has 0 unspecified atom stereocenters. The molecule has 0 saturated carbocycles. The zero-order valence-corrected chi connectivity index (χ0v) is 8.61. The van der Waals surface area contributed by atoms with Crippen LogP contribution in [0.1, 0.15) is 24.6 Å². The largest absolute Gasteiger partial charge is 0.342 e. The monoisotopic (exact) mass is 200 g/mol. The number of H-pyrrole nitrogens is 1. The molecule has 1 fully saturated rings. The van der Waals surface area contributed by atoms with Crippen LogP contribution in [0.3, 0.4) is 0 Å². The number of nitrogens with zero attached hydrogens (tertiary/aromatic N) is 2.